The SMILES string of the molecule is O=C(NCC1CCOC1)[C@H]1Cc2ccccc2CN1. The summed E-state index contributed by atoms with van der Waals surface area (Å²) in [4.78, 5) is 12.2. The van der Waals surface area contributed by atoms with Crippen molar-refractivity contribution >= 4 is 5.91 Å². The molecule has 1 aromatic carbocycles. The number of hydrogen-bond donors (Lipinski definition) is 2. The Morgan fingerprint density at radius 2 is 2.21 bits per heavy atom. The van der Waals surface area contributed by atoms with Crippen LogP contribution in [0.2, 0.25) is 0 Å². The number of nitrogens with one attached hydrogen (secondary N) is 2. The van der Waals surface area contributed by atoms with Crippen LogP contribution in [0.15, 0.2) is 24.3 Å². The highest BCUT2D eigenvalue weighted by atomic mass is 16.5. The summed E-state index contributed by atoms with van der Waals surface area (Å²) in [5, 5.41) is 6.35. The largest absolute Gasteiger partial charge is 0.381 e. The van der Waals surface area contributed by atoms with E-state index in [1.807, 2.05) is 12.1 Å². The lowest BCUT2D eigenvalue weighted by Crippen LogP contribution is -2.48. The Kier molecular flexibility index (Phi) is 3.80. The Hall–Kier alpha value is -1.39. The third-order valence-corrected chi connectivity index (χ3v) is 3.99. The molecular formula is C15H20N2O2. The van der Waals surface area contributed by atoms with Crippen LogP contribution in [0.5, 0.6) is 0 Å². The van der Waals surface area contributed by atoms with E-state index in [0.29, 0.717) is 5.92 Å². The molecule has 2 aliphatic rings. The van der Waals surface area contributed by atoms with E-state index in [-0.39, 0.29) is 11.9 Å². The molecule has 4 nitrogen and oxygen atoms in total. The molecule has 0 spiro atoms. The highest BCUT2D eigenvalue weighted by molar-refractivity contribution is 5.82. The minimum absolute atomic E-state index is 0.0998. The zero-order valence-corrected chi connectivity index (χ0v) is 11.0. The van der Waals surface area contributed by atoms with Crippen molar-refractivity contribution in [3.63, 3.8) is 0 Å². The standard InChI is InChI=1S/C15H20N2O2/c18-15(17-8-11-5-6-19-10-11)14-7-12-3-1-2-4-13(12)9-16-14/h1-4,11,14,16H,5-10H2,(H,17,18)/t11?,14-/m1/s1. The normalized spacial score (nSPS) is 25.9. The third kappa shape index (κ3) is 2.96. The minimum atomic E-state index is -0.0998. The van der Waals surface area contributed by atoms with E-state index < -0.39 is 0 Å². The van der Waals surface area contributed by atoms with Gasteiger partial charge in [0.25, 0.3) is 0 Å². The quantitative estimate of drug-likeness (QED) is 0.847. The van der Waals surface area contributed by atoms with E-state index in [9.17, 15) is 4.79 Å². The van der Waals surface area contributed by atoms with Gasteiger partial charge >= 0.3 is 0 Å². The molecule has 1 saturated heterocycles. The Morgan fingerprint density at radius 1 is 1.37 bits per heavy atom. The van der Waals surface area contributed by atoms with Gasteiger partial charge in [0.05, 0.1) is 12.6 Å². The van der Waals surface area contributed by atoms with Gasteiger partial charge in [-0.2, -0.15) is 0 Å². The van der Waals surface area contributed by atoms with Gasteiger partial charge < -0.3 is 15.4 Å². The molecule has 19 heavy (non-hydrogen) atoms. The van der Waals surface area contributed by atoms with Crippen molar-refractivity contribution in [2.75, 3.05) is 19.8 Å². The van der Waals surface area contributed by atoms with Crippen LogP contribution in [0.3, 0.4) is 0 Å². The van der Waals surface area contributed by atoms with Crippen molar-refractivity contribution in [2.45, 2.75) is 25.4 Å². The summed E-state index contributed by atoms with van der Waals surface area (Å²) in [5.74, 6) is 0.598. The van der Waals surface area contributed by atoms with Crippen molar-refractivity contribution in [2.24, 2.45) is 5.92 Å². The van der Waals surface area contributed by atoms with E-state index in [1.54, 1.807) is 0 Å². The van der Waals surface area contributed by atoms with E-state index in [4.69, 9.17) is 4.74 Å². The summed E-state index contributed by atoms with van der Waals surface area (Å²) in [5.41, 5.74) is 2.58. The minimum Gasteiger partial charge on any atom is -0.381 e. The summed E-state index contributed by atoms with van der Waals surface area (Å²) in [6, 6.07) is 8.21. The van der Waals surface area contributed by atoms with Crippen LogP contribution in [0.4, 0.5) is 0 Å². The second kappa shape index (κ2) is 5.72. The molecule has 2 aliphatic heterocycles. The van der Waals surface area contributed by atoms with E-state index in [0.717, 1.165) is 39.1 Å². The molecule has 1 fully saturated rings. The van der Waals surface area contributed by atoms with E-state index in [2.05, 4.69) is 22.8 Å². The molecule has 2 atom stereocenters. The maximum absolute atomic E-state index is 12.2. The first-order valence-electron chi connectivity index (χ1n) is 6.98. The van der Waals surface area contributed by atoms with Gasteiger partial charge in [-0.05, 0) is 24.0 Å². The van der Waals surface area contributed by atoms with E-state index >= 15 is 0 Å². The lowest BCUT2D eigenvalue weighted by Gasteiger charge is -2.25. The molecule has 0 radical (unpaired) electrons. The van der Waals surface area contributed by atoms with E-state index in [1.165, 1.54) is 11.1 Å². The van der Waals surface area contributed by atoms with Gasteiger partial charge in [0.2, 0.25) is 5.91 Å². The lowest BCUT2D eigenvalue weighted by atomic mass is 9.95. The van der Waals surface area contributed by atoms with Crippen molar-refractivity contribution < 1.29 is 9.53 Å². The van der Waals surface area contributed by atoms with Gasteiger partial charge in [0, 0.05) is 25.6 Å². The third-order valence-electron chi connectivity index (χ3n) is 3.99. The summed E-state index contributed by atoms with van der Waals surface area (Å²) in [6.45, 7) is 3.12. The van der Waals surface area contributed by atoms with Gasteiger partial charge in [-0.1, -0.05) is 24.3 Å². The van der Waals surface area contributed by atoms with Crippen LogP contribution in [0.25, 0.3) is 0 Å². The highest BCUT2D eigenvalue weighted by Gasteiger charge is 2.24. The Balaban J connectivity index is 1.54. The number of amides is 1. The van der Waals surface area contributed by atoms with Crippen molar-refractivity contribution in [1.82, 2.24) is 10.6 Å². The first-order chi connectivity index (χ1) is 9.33. The Bertz CT molecular complexity index is 455. The van der Waals surface area contributed by atoms with Crippen LogP contribution in [-0.4, -0.2) is 31.7 Å². The fourth-order valence-electron chi connectivity index (χ4n) is 2.75. The lowest BCUT2D eigenvalue weighted by molar-refractivity contribution is -0.123. The molecule has 102 valence electrons. The fraction of sp³-hybridized carbons (Fsp3) is 0.533. The molecular weight excluding hydrogens is 240 g/mol. The maximum Gasteiger partial charge on any atom is 0.237 e. The molecule has 2 N–H and O–H groups in total. The van der Waals surface area contributed by atoms with Crippen molar-refractivity contribution in [1.29, 1.82) is 0 Å². The van der Waals surface area contributed by atoms with Crippen LogP contribution in [0.1, 0.15) is 17.5 Å². The molecule has 4 heteroatoms. The summed E-state index contributed by atoms with van der Waals surface area (Å²) >= 11 is 0. The van der Waals surface area contributed by atoms with Gasteiger partial charge in [-0.3, -0.25) is 4.79 Å². The molecule has 1 amide bonds. The van der Waals surface area contributed by atoms with Gasteiger partial charge in [0.15, 0.2) is 0 Å². The molecule has 1 aromatic rings. The molecule has 0 bridgehead atoms. The van der Waals surface area contributed by atoms with Crippen molar-refractivity contribution in [3.05, 3.63) is 35.4 Å². The predicted octanol–water partition coefficient (Wildman–Crippen LogP) is 0.854. The van der Waals surface area contributed by atoms with Crippen LogP contribution in [0, 0.1) is 5.92 Å². The van der Waals surface area contributed by atoms with Crippen molar-refractivity contribution in [3.8, 4) is 0 Å². The molecule has 3 rings (SSSR count). The second-order valence-corrected chi connectivity index (χ2v) is 5.38. The Morgan fingerprint density at radius 3 is 3.00 bits per heavy atom. The topological polar surface area (TPSA) is 50.4 Å². The molecule has 1 unspecified atom stereocenters. The number of hydrogen-bond acceptors (Lipinski definition) is 3. The van der Waals surface area contributed by atoms with Crippen LogP contribution >= 0.6 is 0 Å². The number of rotatable bonds is 3. The number of ether oxygens (including phenoxy) is 1. The zero-order chi connectivity index (χ0) is 13.1. The van der Waals surface area contributed by atoms with Crippen LogP contribution in [-0.2, 0) is 22.5 Å². The Labute approximate surface area is 113 Å². The molecule has 2 heterocycles. The average molecular weight is 260 g/mol. The number of carbonyl (C=O) groups excluding carboxylic acids is 1. The van der Waals surface area contributed by atoms with Gasteiger partial charge in [0.1, 0.15) is 0 Å². The smallest absolute Gasteiger partial charge is 0.237 e. The summed E-state index contributed by atoms with van der Waals surface area (Å²) in [7, 11) is 0. The fourth-order valence-corrected chi connectivity index (χ4v) is 2.75. The van der Waals surface area contributed by atoms with Gasteiger partial charge in [-0.25, -0.2) is 0 Å². The summed E-state index contributed by atoms with van der Waals surface area (Å²) < 4.78 is 5.31. The first kappa shape index (κ1) is 12.6. The molecule has 0 aromatic heterocycles. The zero-order valence-electron chi connectivity index (χ0n) is 11.0. The maximum atomic E-state index is 12.2. The molecule has 0 aliphatic carbocycles. The van der Waals surface area contributed by atoms with Gasteiger partial charge in [-0.15, -0.1) is 0 Å². The predicted molar refractivity (Wildman–Crippen MR) is 72.7 cm³/mol. The average Bonchev–Trinajstić information content (AvgIpc) is 2.97. The summed E-state index contributed by atoms with van der Waals surface area (Å²) in [6.07, 6.45) is 1.84. The number of benzene rings is 1. The first-order valence-corrected chi connectivity index (χ1v) is 6.98. The number of carbonyl (C=O) groups is 1. The second-order valence-electron chi connectivity index (χ2n) is 5.38. The molecule has 0 saturated carbocycles. The highest BCUT2D eigenvalue weighted by Crippen LogP contribution is 2.16. The number of fused-ring (bicyclic) bond motifs is 1. The monoisotopic (exact) mass is 260 g/mol. The van der Waals surface area contributed by atoms with Crippen LogP contribution < -0.4 is 10.6 Å².